The number of hydrogen-bond donors (Lipinski definition) is 0. The molecule has 0 N–H and O–H groups in total. The second-order valence-corrected chi connectivity index (χ2v) is 8.69. The van der Waals surface area contributed by atoms with Gasteiger partial charge in [-0.25, -0.2) is 8.42 Å². The zero-order chi connectivity index (χ0) is 17.9. The number of carbonyl (C=O) groups excluding carboxylic acids is 1. The monoisotopic (exact) mass is 367 g/mol. The Labute approximate surface area is 148 Å². The molecular formula is C17H25N3O4S. The Bertz CT molecular complexity index is 695. The van der Waals surface area contributed by atoms with Crippen molar-refractivity contribution in [1.29, 1.82) is 0 Å². The van der Waals surface area contributed by atoms with Gasteiger partial charge >= 0.3 is 0 Å². The largest absolute Gasteiger partial charge is 0.381 e. The minimum atomic E-state index is -3.13. The van der Waals surface area contributed by atoms with Crippen molar-refractivity contribution in [3.05, 3.63) is 30.1 Å². The first-order valence-corrected chi connectivity index (χ1v) is 10.5. The van der Waals surface area contributed by atoms with Crippen LogP contribution in [0.1, 0.15) is 19.0 Å². The van der Waals surface area contributed by atoms with Gasteiger partial charge in [-0.1, -0.05) is 6.07 Å². The molecule has 2 fully saturated rings. The van der Waals surface area contributed by atoms with E-state index in [1.54, 1.807) is 11.1 Å². The van der Waals surface area contributed by atoms with Crippen molar-refractivity contribution in [1.82, 2.24) is 14.8 Å². The third-order valence-corrected chi connectivity index (χ3v) is 6.57. The van der Waals surface area contributed by atoms with E-state index in [4.69, 9.17) is 4.74 Å². The van der Waals surface area contributed by atoms with Gasteiger partial charge in [0.05, 0.1) is 36.3 Å². The van der Waals surface area contributed by atoms with Crippen LogP contribution in [0.25, 0.3) is 0 Å². The summed E-state index contributed by atoms with van der Waals surface area (Å²) in [5, 5.41) is 0. The van der Waals surface area contributed by atoms with E-state index in [-0.39, 0.29) is 29.5 Å². The van der Waals surface area contributed by atoms with Gasteiger partial charge in [-0.05, 0) is 19.1 Å². The van der Waals surface area contributed by atoms with Crippen molar-refractivity contribution in [3.8, 4) is 0 Å². The summed E-state index contributed by atoms with van der Waals surface area (Å²) in [5.41, 5.74) is 0.918. The molecule has 2 aliphatic rings. The van der Waals surface area contributed by atoms with Crippen molar-refractivity contribution in [2.24, 2.45) is 0 Å². The predicted molar refractivity (Wildman–Crippen MR) is 93.7 cm³/mol. The summed E-state index contributed by atoms with van der Waals surface area (Å²) in [7, 11) is -3.13. The Balaban J connectivity index is 1.72. The number of rotatable bonds is 6. The Morgan fingerprint density at radius 2 is 2.08 bits per heavy atom. The zero-order valence-corrected chi connectivity index (χ0v) is 15.3. The highest BCUT2D eigenvalue weighted by Gasteiger charge is 2.47. The molecule has 1 aromatic rings. The molecule has 1 aromatic heterocycles. The molecule has 3 rings (SSSR count). The molecule has 0 spiro atoms. The van der Waals surface area contributed by atoms with Gasteiger partial charge in [0.1, 0.15) is 0 Å². The van der Waals surface area contributed by atoms with E-state index in [0.717, 1.165) is 5.69 Å². The molecular weight excluding hydrogens is 342 g/mol. The molecule has 0 radical (unpaired) electrons. The Hall–Kier alpha value is -1.51. The highest BCUT2D eigenvalue weighted by Crippen LogP contribution is 2.28. The number of hydrogen-bond acceptors (Lipinski definition) is 6. The molecule has 2 saturated heterocycles. The van der Waals surface area contributed by atoms with Gasteiger partial charge in [0, 0.05) is 38.5 Å². The summed E-state index contributed by atoms with van der Waals surface area (Å²) < 4.78 is 29.7. The standard InChI is InChI=1S/C17H25N3O4S/c1-2-24-10-6-17(21)20-9-8-19(11-14-5-3-4-7-18-14)15-12-25(22,23)13-16(15)20/h3-5,7,15-16H,2,6,8-13H2,1H3/t15-,16+/m1/s1. The third-order valence-electron chi connectivity index (χ3n) is 4.87. The fourth-order valence-corrected chi connectivity index (χ4v) is 5.69. The Morgan fingerprint density at radius 3 is 2.80 bits per heavy atom. The number of ether oxygens (including phenoxy) is 1. The molecule has 2 aliphatic heterocycles. The lowest BCUT2D eigenvalue weighted by Gasteiger charge is -2.43. The fourth-order valence-electron chi connectivity index (χ4n) is 3.68. The van der Waals surface area contributed by atoms with Gasteiger partial charge in [-0.2, -0.15) is 0 Å². The first-order valence-electron chi connectivity index (χ1n) is 8.72. The second-order valence-electron chi connectivity index (χ2n) is 6.54. The maximum atomic E-state index is 12.5. The topological polar surface area (TPSA) is 79.8 Å². The normalized spacial score (nSPS) is 25.7. The second kappa shape index (κ2) is 7.80. The highest BCUT2D eigenvalue weighted by molar-refractivity contribution is 7.91. The summed E-state index contributed by atoms with van der Waals surface area (Å²) >= 11 is 0. The molecule has 25 heavy (non-hydrogen) atoms. The van der Waals surface area contributed by atoms with Crippen LogP contribution in [0.4, 0.5) is 0 Å². The number of aromatic nitrogens is 1. The number of carbonyl (C=O) groups is 1. The molecule has 0 saturated carbocycles. The first kappa shape index (κ1) is 18.3. The average Bonchev–Trinajstić information content (AvgIpc) is 2.91. The maximum Gasteiger partial charge on any atom is 0.225 e. The number of piperazine rings is 1. The molecule has 0 aromatic carbocycles. The van der Waals surface area contributed by atoms with E-state index >= 15 is 0 Å². The quantitative estimate of drug-likeness (QED) is 0.674. The van der Waals surface area contributed by atoms with Crippen LogP contribution >= 0.6 is 0 Å². The minimum absolute atomic E-state index is 0.0157. The van der Waals surface area contributed by atoms with Crippen molar-refractivity contribution in [3.63, 3.8) is 0 Å². The van der Waals surface area contributed by atoms with Crippen LogP contribution in [0.5, 0.6) is 0 Å². The fraction of sp³-hybridized carbons (Fsp3) is 0.647. The van der Waals surface area contributed by atoms with Gasteiger partial charge in [0.25, 0.3) is 0 Å². The molecule has 3 heterocycles. The summed E-state index contributed by atoms with van der Waals surface area (Å²) in [5.74, 6) is 0.147. The summed E-state index contributed by atoms with van der Waals surface area (Å²) in [4.78, 5) is 20.8. The maximum absolute atomic E-state index is 12.5. The van der Waals surface area contributed by atoms with E-state index < -0.39 is 9.84 Å². The van der Waals surface area contributed by atoms with Crippen molar-refractivity contribution >= 4 is 15.7 Å². The number of amides is 1. The lowest BCUT2D eigenvalue weighted by atomic mass is 10.0. The van der Waals surface area contributed by atoms with Gasteiger partial charge < -0.3 is 9.64 Å². The SMILES string of the molecule is CCOCCC(=O)N1CCN(Cc2ccccn2)[C@@H]2CS(=O)(=O)C[C@@H]21. The van der Waals surface area contributed by atoms with E-state index in [0.29, 0.717) is 39.3 Å². The van der Waals surface area contributed by atoms with Crippen LogP contribution in [-0.4, -0.2) is 79.0 Å². The van der Waals surface area contributed by atoms with Crippen LogP contribution in [0.3, 0.4) is 0 Å². The van der Waals surface area contributed by atoms with Crippen LogP contribution in [0, 0.1) is 0 Å². The molecule has 138 valence electrons. The number of nitrogens with zero attached hydrogens (tertiary/aromatic N) is 3. The molecule has 1 amide bonds. The van der Waals surface area contributed by atoms with Gasteiger partial charge in [0.15, 0.2) is 9.84 Å². The van der Waals surface area contributed by atoms with Gasteiger partial charge in [0.2, 0.25) is 5.91 Å². The minimum Gasteiger partial charge on any atom is -0.381 e. The van der Waals surface area contributed by atoms with Gasteiger partial charge in [-0.3, -0.25) is 14.7 Å². The molecule has 7 nitrogen and oxygen atoms in total. The van der Waals surface area contributed by atoms with Gasteiger partial charge in [-0.15, -0.1) is 0 Å². The van der Waals surface area contributed by atoms with E-state index in [1.807, 2.05) is 25.1 Å². The molecule has 0 aliphatic carbocycles. The first-order chi connectivity index (χ1) is 12.0. The summed E-state index contributed by atoms with van der Waals surface area (Å²) in [6.07, 6.45) is 2.04. The highest BCUT2D eigenvalue weighted by atomic mass is 32.2. The van der Waals surface area contributed by atoms with Crippen LogP contribution in [0.15, 0.2) is 24.4 Å². The zero-order valence-electron chi connectivity index (χ0n) is 14.5. The van der Waals surface area contributed by atoms with Crippen molar-refractivity contribution < 1.29 is 17.9 Å². The molecule has 0 unspecified atom stereocenters. The summed E-state index contributed by atoms with van der Waals surface area (Å²) in [6, 6.07) is 5.31. The van der Waals surface area contributed by atoms with Crippen LogP contribution in [-0.2, 0) is 25.9 Å². The Morgan fingerprint density at radius 1 is 1.28 bits per heavy atom. The smallest absolute Gasteiger partial charge is 0.225 e. The van der Waals surface area contributed by atoms with Crippen LogP contribution < -0.4 is 0 Å². The predicted octanol–water partition coefficient (Wildman–Crippen LogP) is 0.318. The molecule has 8 heteroatoms. The van der Waals surface area contributed by atoms with Crippen molar-refractivity contribution in [2.45, 2.75) is 32.0 Å². The van der Waals surface area contributed by atoms with Crippen molar-refractivity contribution in [2.75, 3.05) is 37.8 Å². The lowest BCUT2D eigenvalue weighted by Crippen LogP contribution is -2.60. The van der Waals surface area contributed by atoms with E-state index in [9.17, 15) is 13.2 Å². The Kier molecular flexibility index (Phi) is 5.71. The van der Waals surface area contributed by atoms with Crippen LogP contribution in [0.2, 0.25) is 0 Å². The van der Waals surface area contributed by atoms with E-state index in [2.05, 4.69) is 9.88 Å². The lowest BCUT2D eigenvalue weighted by molar-refractivity contribution is -0.138. The molecule has 0 bridgehead atoms. The number of fused-ring (bicyclic) bond motifs is 1. The van der Waals surface area contributed by atoms with E-state index in [1.165, 1.54) is 0 Å². The summed E-state index contributed by atoms with van der Waals surface area (Å²) in [6.45, 7) is 4.67. The molecule has 2 atom stereocenters. The number of sulfone groups is 1. The average molecular weight is 367 g/mol. The third kappa shape index (κ3) is 4.37. The number of pyridine rings is 1.